The van der Waals surface area contributed by atoms with Crippen LogP contribution in [0.2, 0.25) is 0 Å². The van der Waals surface area contributed by atoms with Crippen LogP contribution in [0.1, 0.15) is 11.1 Å². The summed E-state index contributed by atoms with van der Waals surface area (Å²) in [6.07, 6.45) is -11.5. The second-order valence-electron chi connectivity index (χ2n) is 9.37. The fraction of sp³-hybridized carbons (Fsp3) is 0.538. The highest BCUT2D eigenvalue weighted by Crippen LogP contribution is 2.25. The average Bonchev–Trinajstić information content (AvgIpc) is 2.93. The quantitative estimate of drug-likeness (QED) is 0.178. The molecule has 2 aliphatic rings. The van der Waals surface area contributed by atoms with Crippen LogP contribution in [0.15, 0.2) is 60.7 Å². The number of nitrogens with one attached hydrogen (secondary N) is 2. The van der Waals surface area contributed by atoms with E-state index in [9.17, 15) is 30.6 Å². The molecule has 37 heavy (non-hydrogen) atoms. The maximum Gasteiger partial charge on any atom is 0.186 e. The molecule has 2 saturated heterocycles. The van der Waals surface area contributed by atoms with E-state index in [-0.39, 0.29) is 6.61 Å². The first kappa shape index (κ1) is 28.0. The second kappa shape index (κ2) is 13.2. The predicted molar refractivity (Wildman–Crippen MR) is 131 cm³/mol. The lowest BCUT2D eigenvalue weighted by atomic mass is 9.95. The molecule has 0 amide bonds. The number of hydrogen-bond acceptors (Lipinski definition) is 11. The van der Waals surface area contributed by atoms with Crippen LogP contribution in [0.25, 0.3) is 0 Å². The summed E-state index contributed by atoms with van der Waals surface area (Å²) in [5.74, 6) is 0. The predicted octanol–water partition coefficient (Wildman–Crippen LogP) is -1.80. The summed E-state index contributed by atoms with van der Waals surface area (Å²) < 4.78 is 17.1. The van der Waals surface area contributed by atoms with E-state index in [1.54, 1.807) is 0 Å². The molecule has 0 spiro atoms. The van der Waals surface area contributed by atoms with E-state index >= 15 is 0 Å². The van der Waals surface area contributed by atoms with Crippen molar-refractivity contribution in [2.24, 2.45) is 0 Å². The zero-order valence-corrected chi connectivity index (χ0v) is 20.3. The van der Waals surface area contributed by atoms with Crippen molar-refractivity contribution >= 4 is 0 Å². The molecule has 4 rings (SSSR count). The van der Waals surface area contributed by atoms with Crippen molar-refractivity contribution in [2.45, 2.75) is 74.4 Å². The lowest BCUT2D eigenvalue weighted by Crippen LogP contribution is -2.67. The van der Waals surface area contributed by atoms with Crippen LogP contribution in [0.4, 0.5) is 0 Å². The van der Waals surface area contributed by atoms with Crippen molar-refractivity contribution < 1.29 is 44.8 Å². The van der Waals surface area contributed by atoms with E-state index in [0.29, 0.717) is 13.1 Å². The van der Waals surface area contributed by atoms with Gasteiger partial charge in [0.25, 0.3) is 0 Å². The van der Waals surface area contributed by atoms with Gasteiger partial charge in [-0.3, -0.25) is 5.32 Å². The summed E-state index contributed by atoms with van der Waals surface area (Å²) in [6.45, 7) is -0.00547. The molecule has 0 aromatic heterocycles. The first-order chi connectivity index (χ1) is 17.9. The van der Waals surface area contributed by atoms with Gasteiger partial charge in [-0.25, -0.2) is 0 Å². The molecule has 0 aliphatic carbocycles. The van der Waals surface area contributed by atoms with Gasteiger partial charge in [0.1, 0.15) is 49.0 Å². The van der Waals surface area contributed by atoms with Gasteiger partial charge < -0.3 is 50.2 Å². The Kier molecular flexibility index (Phi) is 9.98. The fourth-order valence-corrected chi connectivity index (χ4v) is 4.55. The number of ether oxygens (including phenoxy) is 3. The zero-order valence-electron chi connectivity index (χ0n) is 20.3. The number of benzene rings is 2. The van der Waals surface area contributed by atoms with Crippen molar-refractivity contribution in [3.63, 3.8) is 0 Å². The smallest absolute Gasteiger partial charge is 0.186 e. The standard InChI is InChI=1S/C26H36N2O9/c29-13-17-20(30)23(33)24(34)26(37-17)35-14-18-21(31)22(32)19(27-11-15-7-3-1-4-8-15)25(36-18)28-12-16-9-5-2-6-10-16/h1-10,17-34H,11-14H2/t17?,18?,19-,20+,21+,22?,23-,24?,25+,26-/m0/s1. The van der Waals surface area contributed by atoms with Crippen LogP contribution in [0.5, 0.6) is 0 Å². The maximum absolute atomic E-state index is 11.0. The van der Waals surface area contributed by atoms with Crippen molar-refractivity contribution in [3.05, 3.63) is 71.8 Å². The molecular weight excluding hydrogens is 484 g/mol. The van der Waals surface area contributed by atoms with Gasteiger partial charge in [-0.2, -0.15) is 0 Å². The van der Waals surface area contributed by atoms with Gasteiger partial charge in [-0.15, -0.1) is 0 Å². The second-order valence-corrected chi connectivity index (χ2v) is 9.37. The third-order valence-corrected chi connectivity index (χ3v) is 6.75. The summed E-state index contributed by atoms with van der Waals surface area (Å²) in [7, 11) is 0. The Hall–Kier alpha value is -2.00. The topological polar surface area (TPSA) is 173 Å². The van der Waals surface area contributed by atoms with Crippen LogP contribution < -0.4 is 10.6 Å². The van der Waals surface area contributed by atoms with Crippen molar-refractivity contribution in [2.75, 3.05) is 13.2 Å². The Bertz CT molecular complexity index is 938. The fourth-order valence-electron chi connectivity index (χ4n) is 4.55. The van der Waals surface area contributed by atoms with Crippen molar-refractivity contribution in [1.29, 1.82) is 0 Å². The first-order valence-electron chi connectivity index (χ1n) is 12.4. The molecule has 204 valence electrons. The van der Waals surface area contributed by atoms with Gasteiger partial charge in [0, 0.05) is 13.1 Å². The molecule has 2 fully saturated rings. The van der Waals surface area contributed by atoms with Gasteiger partial charge in [-0.05, 0) is 11.1 Å². The van der Waals surface area contributed by atoms with Crippen LogP contribution in [-0.2, 0) is 27.3 Å². The molecule has 4 unspecified atom stereocenters. The molecule has 2 heterocycles. The Labute approximate surface area is 215 Å². The minimum Gasteiger partial charge on any atom is -0.394 e. The molecule has 2 aromatic carbocycles. The van der Waals surface area contributed by atoms with Crippen molar-refractivity contribution in [3.8, 4) is 0 Å². The number of rotatable bonds is 10. The molecule has 11 nitrogen and oxygen atoms in total. The molecule has 2 aliphatic heterocycles. The van der Waals surface area contributed by atoms with E-state index in [1.807, 2.05) is 60.7 Å². The zero-order chi connectivity index (χ0) is 26.4. The van der Waals surface area contributed by atoms with E-state index in [1.165, 1.54) is 0 Å². The monoisotopic (exact) mass is 520 g/mol. The molecule has 0 bridgehead atoms. The summed E-state index contributed by atoms with van der Waals surface area (Å²) in [5.41, 5.74) is 2.00. The van der Waals surface area contributed by atoms with Crippen LogP contribution in [-0.4, -0.2) is 105 Å². The molecule has 10 atom stereocenters. The normalized spacial score (nSPS) is 36.4. The number of aliphatic hydroxyl groups excluding tert-OH is 6. The third-order valence-electron chi connectivity index (χ3n) is 6.75. The van der Waals surface area contributed by atoms with E-state index < -0.39 is 67.9 Å². The minimum atomic E-state index is -1.59. The highest BCUT2D eigenvalue weighted by Gasteiger charge is 2.47. The number of hydrogen-bond donors (Lipinski definition) is 8. The Morgan fingerprint density at radius 1 is 0.649 bits per heavy atom. The highest BCUT2D eigenvalue weighted by molar-refractivity contribution is 5.16. The van der Waals surface area contributed by atoms with Gasteiger partial charge in [0.05, 0.1) is 19.3 Å². The average molecular weight is 521 g/mol. The third kappa shape index (κ3) is 6.91. The molecule has 0 radical (unpaired) electrons. The molecular formula is C26H36N2O9. The Morgan fingerprint density at radius 3 is 1.81 bits per heavy atom. The maximum atomic E-state index is 11.0. The Morgan fingerprint density at radius 2 is 1.22 bits per heavy atom. The van der Waals surface area contributed by atoms with E-state index in [0.717, 1.165) is 11.1 Å². The largest absolute Gasteiger partial charge is 0.394 e. The van der Waals surface area contributed by atoms with Crippen molar-refractivity contribution in [1.82, 2.24) is 10.6 Å². The van der Waals surface area contributed by atoms with Crippen LogP contribution >= 0.6 is 0 Å². The van der Waals surface area contributed by atoms with Gasteiger partial charge in [0.15, 0.2) is 6.29 Å². The lowest BCUT2D eigenvalue weighted by molar-refractivity contribution is -0.312. The summed E-state index contributed by atoms with van der Waals surface area (Å²) >= 11 is 0. The number of aliphatic hydroxyl groups is 6. The van der Waals surface area contributed by atoms with E-state index in [4.69, 9.17) is 14.2 Å². The van der Waals surface area contributed by atoms with Crippen LogP contribution in [0, 0.1) is 0 Å². The SMILES string of the molecule is OCC1O[C@H](OCC2O[C@@H](NCc3ccccc3)[C@@H](NCc3ccccc3)C(O)[C@@H]2O)C(O)[C@@H](O)[C@@H]1O. The summed E-state index contributed by atoms with van der Waals surface area (Å²) in [4.78, 5) is 0. The summed E-state index contributed by atoms with van der Waals surface area (Å²) in [5, 5.41) is 68.0. The first-order valence-corrected chi connectivity index (χ1v) is 12.4. The summed E-state index contributed by atoms with van der Waals surface area (Å²) in [6, 6.07) is 18.6. The van der Waals surface area contributed by atoms with Crippen LogP contribution in [0.3, 0.4) is 0 Å². The van der Waals surface area contributed by atoms with Gasteiger partial charge in [0.2, 0.25) is 0 Å². The minimum absolute atomic E-state index is 0.296. The highest BCUT2D eigenvalue weighted by atomic mass is 16.7. The molecule has 2 aromatic rings. The van der Waals surface area contributed by atoms with Gasteiger partial charge in [-0.1, -0.05) is 60.7 Å². The lowest BCUT2D eigenvalue weighted by Gasteiger charge is -2.44. The molecule has 0 saturated carbocycles. The van der Waals surface area contributed by atoms with E-state index in [2.05, 4.69) is 10.6 Å². The molecule has 8 N–H and O–H groups in total. The van der Waals surface area contributed by atoms with Gasteiger partial charge >= 0.3 is 0 Å². The molecule has 11 heteroatoms. The Balaban J connectivity index is 1.43.